The molecule has 264 valence electrons. The Morgan fingerprint density at radius 2 is 0.913 bits per heavy atom. The average molecular weight is 644 g/mol. The summed E-state index contributed by atoms with van der Waals surface area (Å²) in [6, 6.07) is 3.92. The lowest BCUT2D eigenvalue weighted by atomic mass is 9.83. The summed E-state index contributed by atoms with van der Waals surface area (Å²) in [6.45, 7) is 10.2. The summed E-state index contributed by atoms with van der Waals surface area (Å²) in [7, 11) is 0. The summed E-state index contributed by atoms with van der Waals surface area (Å²) in [5.41, 5.74) is 6.15. The van der Waals surface area contributed by atoms with E-state index in [1.54, 1.807) is 12.1 Å². The number of carbonyl (C=O) groups excluding carboxylic acids is 3. The number of Topliss-reactive ketones (excluding diaryl/α,β-unsaturated/α-hetero) is 1. The minimum absolute atomic E-state index is 0.104. The molecule has 0 saturated heterocycles. The molecule has 1 aromatic carbocycles. The van der Waals surface area contributed by atoms with E-state index in [-0.39, 0.29) is 35.6 Å². The van der Waals surface area contributed by atoms with Gasteiger partial charge in [0.25, 0.3) is 0 Å². The van der Waals surface area contributed by atoms with Crippen LogP contribution in [0.15, 0.2) is 18.2 Å². The van der Waals surface area contributed by atoms with Crippen molar-refractivity contribution in [2.24, 2.45) is 11.1 Å². The van der Waals surface area contributed by atoms with E-state index in [0.29, 0.717) is 12.0 Å². The smallest absolute Gasteiger partial charge is 0.311 e. The first-order valence-corrected chi connectivity index (χ1v) is 18.9. The maximum absolute atomic E-state index is 13.1. The van der Waals surface area contributed by atoms with Crippen molar-refractivity contribution in [1.29, 1.82) is 0 Å². The lowest BCUT2D eigenvalue weighted by molar-refractivity contribution is -0.137. The SMILES string of the molecule is CCCCCCCCCCCCCC(=O)Oc1ccc(C(=O)C(N)C(C)(C)C)cc1OC(=O)CCCCCCCCCCCCC. The number of rotatable bonds is 28. The van der Waals surface area contributed by atoms with Crippen LogP contribution >= 0.6 is 0 Å². The van der Waals surface area contributed by atoms with Crippen molar-refractivity contribution >= 4 is 17.7 Å². The van der Waals surface area contributed by atoms with E-state index in [9.17, 15) is 14.4 Å². The largest absolute Gasteiger partial charge is 0.423 e. The van der Waals surface area contributed by atoms with Gasteiger partial charge in [0, 0.05) is 18.4 Å². The van der Waals surface area contributed by atoms with Crippen molar-refractivity contribution in [2.75, 3.05) is 0 Å². The van der Waals surface area contributed by atoms with Crippen LogP contribution in [0.3, 0.4) is 0 Å². The van der Waals surface area contributed by atoms with Gasteiger partial charge in [0.05, 0.1) is 6.04 Å². The number of benzene rings is 1. The van der Waals surface area contributed by atoms with E-state index in [4.69, 9.17) is 15.2 Å². The zero-order valence-corrected chi connectivity index (χ0v) is 30.4. The fourth-order valence-electron chi connectivity index (χ4n) is 5.61. The molecule has 0 fully saturated rings. The molecule has 1 rings (SSSR count). The number of esters is 2. The molecule has 1 atom stereocenters. The van der Waals surface area contributed by atoms with Crippen LogP contribution in [0.1, 0.15) is 199 Å². The van der Waals surface area contributed by atoms with Crippen LogP contribution in [0.5, 0.6) is 11.5 Å². The van der Waals surface area contributed by atoms with Gasteiger partial charge < -0.3 is 15.2 Å². The summed E-state index contributed by atoms with van der Waals surface area (Å²) < 4.78 is 11.3. The summed E-state index contributed by atoms with van der Waals surface area (Å²) in [5.74, 6) is -0.713. The third-order valence-corrected chi connectivity index (χ3v) is 8.86. The summed E-state index contributed by atoms with van der Waals surface area (Å²) in [5, 5.41) is 0. The third-order valence-electron chi connectivity index (χ3n) is 8.86. The number of ketones is 1. The molecule has 2 N–H and O–H groups in total. The van der Waals surface area contributed by atoms with Crippen molar-refractivity contribution < 1.29 is 23.9 Å². The van der Waals surface area contributed by atoms with Crippen molar-refractivity contribution in [3.63, 3.8) is 0 Å². The standard InChI is InChI=1S/C40H69NO5/c1-6-8-10-12-14-16-18-20-22-24-26-28-36(42)45-34-31-30-33(38(44)39(41)40(3,4)5)32-35(34)46-37(43)29-27-25-23-21-19-17-15-13-11-9-7-2/h30-32,39H,6-29,41H2,1-5H3. The number of ether oxygens (including phenoxy) is 2. The Labute approximate surface area is 282 Å². The van der Waals surface area contributed by atoms with E-state index >= 15 is 0 Å². The van der Waals surface area contributed by atoms with E-state index in [0.717, 1.165) is 38.5 Å². The minimum atomic E-state index is -0.721. The quantitative estimate of drug-likeness (QED) is 0.0422. The first-order valence-electron chi connectivity index (χ1n) is 18.9. The van der Waals surface area contributed by atoms with Crippen LogP contribution in [0.25, 0.3) is 0 Å². The summed E-state index contributed by atoms with van der Waals surface area (Å²) >= 11 is 0. The Morgan fingerprint density at radius 1 is 0.565 bits per heavy atom. The fourth-order valence-corrected chi connectivity index (χ4v) is 5.61. The highest BCUT2D eigenvalue weighted by atomic mass is 16.6. The highest BCUT2D eigenvalue weighted by Gasteiger charge is 2.29. The van der Waals surface area contributed by atoms with Crippen molar-refractivity contribution in [1.82, 2.24) is 0 Å². The molecule has 46 heavy (non-hydrogen) atoms. The average Bonchev–Trinajstić information content (AvgIpc) is 3.02. The topological polar surface area (TPSA) is 95.7 Å². The third kappa shape index (κ3) is 20.1. The number of unbranched alkanes of at least 4 members (excludes halogenated alkanes) is 20. The van der Waals surface area contributed by atoms with E-state index in [1.165, 1.54) is 109 Å². The molecule has 0 saturated carbocycles. The first-order chi connectivity index (χ1) is 22.1. The number of hydrogen-bond donors (Lipinski definition) is 1. The van der Waals surface area contributed by atoms with Crippen molar-refractivity contribution in [3.8, 4) is 11.5 Å². The normalized spacial score (nSPS) is 12.2. The number of nitrogens with two attached hydrogens (primary N) is 1. The summed E-state index contributed by atoms with van der Waals surface area (Å²) in [6.07, 6.45) is 27.1. The predicted molar refractivity (Wildman–Crippen MR) is 192 cm³/mol. The van der Waals surface area contributed by atoms with Gasteiger partial charge >= 0.3 is 11.9 Å². The predicted octanol–water partition coefficient (Wildman–Crippen LogP) is 11.5. The first kappa shape index (κ1) is 41.8. The van der Waals surface area contributed by atoms with Gasteiger partial charge in [0.15, 0.2) is 17.3 Å². The molecule has 0 heterocycles. The van der Waals surface area contributed by atoms with Gasteiger partial charge in [-0.15, -0.1) is 0 Å². The molecule has 0 radical (unpaired) electrons. The number of carbonyl (C=O) groups is 3. The molecule has 0 amide bonds. The second-order valence-electron chi connectivity index (χ2n) is 14.4. The molecule has 0 aliphatic heterocycles. The van der Waals surface area contributed by atoms with Crippen LogP contribution in [-0.4, -0.2) is 23.8 Å². The zero-order chi connectivity index (χ0) is 34.0. The molecule has 0 spiro atoms. The van der Waals surface area contributed by atoms with Gasteiger partial charge in [0.2, 0.25) is 0 Å². The summed E-state index contributed by atoms with van der Waals surface area (Å²) in [4.78, 5) is 38.6. The van der Waals surface area contributed by atoms with Gasteiger partial charge in [-0.25, -0.2) is 0 Å². The van der Waals surface area contributed by atoms with Crippen LogP contribution in [0, 0.1) is 5.41 Å². The maximum atomic E-state index is 13.1. The van der Waals surface area contributed by atoms with E-state index < -0.39 is 11.5 Å². The Morgan fingerprint density at radius 3 is 1.28 bits per heavy atom. The molecule has 6 heteroatoms. The highest BCUT2D eigenvalue weighted by Crippen LogP contribution is 2.31. The van der Waals surface area contributed by atoms with Crippen LogP contribution in [0.2, 0.25) is 0 Å². The van der Waals surface area contributed by atoms with Gasteiger partial charge in [-0.3, -0.25) is 14.4 Å². The lowest BCUT2D eigenvalue weighted by Gasteiger charge is -2.25. The Hall–Kier alpha value is -2.21. The second-order valence-corrected chi connectivity index (χ2v) is 14.4. The monoisotopic (exact) mass is 644 g/mol. The number of hydrogen-bond acceptors (Lipinski definition) is 6. The van der Waals surface area contributed by atoms with Gasteiger partial charge in [-0.2, -0.15) is 0 Å². The van der Waals surface area contributed by atoms with Crippen LogP contribution in [0.4, 0.5) is 0 Å². The fraction of sp³-hybridized carbons (Fsp3) is 0.775. The molecule has 1 unspecified atom stereocenters. The molecule has 1 aromatic rings. The zero-order valence-electron chi connectivity index (χ0n) is 30.4. The Kier molecular flexibility index (Phi) is 23.5. The molecular weight excluding hydrogens is 574 g/mol. The molecule has 6 nitrogen and oxygen atoms in total. The van der Waals surface area contributed by atoms with Gasteiger partial charge in [-0.1, -0.05) is 163 Å². The van der Waals surface area contributed by atoms with Crippen LogP contribution in [-0.2, 0) is 9.59 Å². The van der Waals surface area contributed by atoms with Gasteiger partial charge in [0.1, 0.15) is 0 Å². The Bertz CT molecular complexity index is 967. The molecule has 0 aromatic heterocycles. The molecule has 0 bridgehead atoms. The minimum Gasteiger partial charge on any atom is -0.423 e. The van der Waals surface area contributed by atoms with E-state index in [1.807, 2.05) is 20.8 Å². The van der Waals surface area contributed by atoms with Crippen molar-refractivity contribution in [3.05, 3.63) is 23.8 Å². The highest BCUT2D eigenvalue weighted by molar-refractivity contribution is 6.01. The molecule has 0 aliphatic carbocycles. The van der Waals surface area contributed by atoms with E-state index in [2.05, 4.69) is 13.8 Å². The molecular formula is C40H69NO5. The lowest BCUT2D eigenvalue weighted by Crippen LogP contribution is -2.42. The van der Waals surface area contributed by atoms with Crippen molar-refractivity contribution in [2.45, 2.75) is 195 Å². The second kappa shape index (κ2) is 25.8. The van der Waals surface area contributed by atoms with Crippen LogP contribution < -0.4 is 15.2 Å². The molecule has 0 aliphatic rings. The maximum Gasteiger partial charge on any atom is 0.311 e. The van der Waals surface area contributed by atoms with Gasteiger partial charge in [-0.05, 0) is 36.5 Å². The Balaban J connectivity index is 2.58.